The average molecular weight is 353 g/mol. The Kier molecular flexibility index (Phi) is 3.54. The van der Waals surface area contributed by atoms with Crippen LogP contribution in [-0.4, -0.2) is 22.4 Å². The van der Waals surface area contributed by atoms with Gasteiger partial charge in [-0.2, -0.15) is 0 Å². The molecule has 0 radical (unpaired) electrons. The second kappa shape index (κ2) is 5.76. The minimum absolute atomic E-state index is 0.0940. The van der Waals surface area contributed by atoms with Crippen LogP contribution in [0.1, 0.15) is 15.9 Å². The van der Waals surface area contributed by atoms with E-state index in [1.807, 2.05) is 0 Å². The van der Waals surface area contributed by atoms with E-state index in [1.165, 1.54) is 41.3 Å². The van der Waals surface area contributed by atoms with E-state index in [4.69, 9.17) is 0 Å². The highest BCUT2D eigenvalue weighted by Crippen LogP contribution is 2.32. The van der Waals surface area contributed by atoms with Crippen molar-refractivity contribution in [2.24, 2.45) is 0 Å². The van der Waals surface area contributed by atoms with Gasteiger partial charge in [-0.3, -0.25) is 19.7 Å². The highest BCUT2D eigenvalue weighted by atomic mass is 19.1. The Bertz CT molecular complexity index is 1140. The fourth-order valence-corrected chi connectivity index (χ4v) is 3.17. The zero-order valence-corrected chi connectivity index (χ0v) is 13.4. The zero-order valence-electron chi connectivity index (χ0n) is 13.4. The zero-order chi connectivity index (χ0) is 18.4. The van der Waals surface area contributed by atoms with Crippen LogP contribution in [0.3, 0.4) is 0 Å². The van der Waals surface area contributed by atoms with Gasteiger partial charge in [0.1, 0.15) is 11.4 Å². The second-order valence-corrected chi connectivity index (χ2v) is 6.02. The molecule has 3 aromatic rings. The summed E-state index contributed by atoms with van der Waals surface area (Å²) in [6.07, 6.45) is 0.551. The summed E-state index contributed by atoms with van der Waals surface area (Å²) >= 11 is 0. The summed E-state index contributed by atoms with van der Waals surface area (Å²) in [5.41, 5.74) is 0.692. The largest absolute Gasteiger partial charge is 0.321 e. The first-order valence-corrected chi connectivity index (χ1v) is 7.86. The molecule has 7 nitrogen and oxygen atoms in total. The van der Waals surface area contributed by atoms with Gasteiger partial charge in [0, 0.05) is 18.7 Å². The van der Waals surface area contributed by atoms with Crippen LogP contribution in [0.5, 0.6) is 0 Å². The summed E-state index contributed by atoms with van der Waals surface area (Å²) in [4.78, 5) is 39.5. The van der Waals surface area contributed by atoms with E-state index in [-0.39, 0.29) is 11.3 Å². The Balaban J connectivity index is 1.78. The van der Waals surface area contributed by atoms with E-state index < -0.39 is 22.2 Å². The van der Waals surface area contributed by atoms with Gasteiger partial charge in [-0.05, 0) is 41.6 Å². The van der Waals surface area contributed by atoms with Crippen LogP contribution < -0.4 is 10.5 Å². The molecule has 1 N–H and O–H groups in total. The van der Waals surface area contributed by atoms with Gasteiger partial charge in [0.25, 0.3) is 17.2 Å². The number of nitrogens with zero attached hydrogens (tertiary/aromatic N) is 2. The Morgan fingerprint density at radius 1 is 1.19 bits per heavy atom. The molecule has 0 aliphatic carbocycles. The number of rotatable bonds is 2. The van der Waals surface area contributed by atoms with Crippen molar-refractivity contribution in [3.63, 3.8) is 0 Å². The van der Waals surface area contributed by atoms with Gasteiger partial charge in [0.2, 0.25) is 0 Å². The number of carbonyl (C=O) groups is 1. The summed E-state index contributed by atoms with van der Waals surface area (Å²) in [6, 6.07) is 9.65. The summed E-state index contributed by atoms with van der Waals surface area (Å²) in [7, 11) is 0. The van der Waals surface area contributed by atoms with Crippen LogP contribution in [-0.2, 0) is 6.42 Å². The van der Waals surface area contributed by atoms with Crippen molar-refractivity contribution in [1.29, 1.82) is 0 Å². The molecule has 0 saturated carbocycles. The fourth-order valence-electron chi connectivity index (χ4n) is 3.17. The Morgan fingerprint density at radius 2 is 2.00 bits per heavy atom. The lowest BCUT2D eigenvalue weighted by Crippen LogP contribution is -2.33. The molecule has 8 heteroatoms. The molecule has 26 heavy (non-hydrogen) atoms. The molecule has 130 valence electrons. The molecule has 0 atom stereocenters. The van der Waals surface area contributed by atoms with Crippen LogP contribution in [0.25, 0.3) is 10.9 Å². The summed E-state index contributed by atoms with van der Waals surface area (Å²) in [5.74, 6) is -1.04. The lowest BCUT2D eigenvalue weighted by molar-refractivity contribution is -0.384. The quantitative estimate of drug-likeness (QED) is 0.566. The number of halogens is 1. The molecular weight excluding hydrogens is 341 g/mol. The standard InChI is InChI=1S/C18H12FN3O4/c19-12-3-1-11-7-14(17(23)20-15(11)8-12)18(24)21-6-5-10-2-4-13(22(25)26)9-16(10)21/h1-4,7-9H,5-6H2,(H,20,23). The van der Waals surface area contributed by atoms with Crippen molar-refractivity contribution in [2.75, 3.05) is 11.4 Å². The molecule has 1 aliphatic heterocycles. The maximum Gasteiger partial charge on any atom is 0.271 e. The minimum atomic E-state index is -0.632. The second-order valence-electron chi connectivity index (χ2n) is 6.02. The van der Waals surface area contributed by atoms with Crippen molar-refractivity contribution in [3.05, 3.63) is 79.9 Å². The molecule has 2 heterocycles. The number of nitro groups is 1. The topological polar surface area (TPSA) is 96.3 Å². The van der Waals surface area contributed by atoms with Crippen LogP contribution in [0.15, 0.2) is 47.3 Å². The first kappa shape index (κ1) is 15.9. The number of anilines is 1. The highest BCUT2D eigenvalue weighted by Gasteiger charge is 2.29. The SMILES string of the molecule is O=C(c1cc2ccc(F)cc2[nH]c1=O)N1CCc2ccc([N+](=O)[O-])cc21. The smallest absolute Gasteiger partial charge is 0.271 e. The molecule has 2 aromatic carbocycles. The van der Waals surface area contributed by atoms with Crippen LogP contribution >= 0.6 is 0 Å². The van der Waals surface area contributed by atoms with Crippen molar-refractivity contribution >= 4 is 28.2 Å². The van der Waals surface area contributed by atoms with Gasteiger partial charge >= 0.3 is 0 Å². The number of hydrogen-bond donors (Lipinski definition) is 1. The van der Waals surface area contributed by atoms with Crippen LogP contribution in [0.4, 0.5) is 15.8 Å². The number of H-pyrrole nitrogens is 1. The molecular formula is C18H12FN3O4. The van der Waals surface area contributed by atoms with Gasteiger partial charge in [-0.1, -0.05) is 6.07 Å². The number of aromatic amines is 1. The maximum atomic E-state index is 13.3. The average Bonchev–Trinajstić information content (AvgIpc) is 3.03. The van der Waals surface area contributed by atoms with Crippen LogP contribution in [0, 0.1) is 15.9 Å². The Morgan fingerprint density at radius 3 is 2.77 bits per heavy atom. The first-order valence-electron chi connectivity index (χ1n) is 7.86. The van der Waals surface area contributed by atoms with E-state index in [2.05, 4.69) is 4.98 Å². The molecule has 0 spiro atoms. The van der Waals surface area contributed by atoms with Gasteiger partial charge in [0.05, 0.1) is 16.1 Å². The molecule has 0 fully saturated rings. The van der Waals surface area contributed by atoms with Crippen molar-refractivity contribution in [3.8, 4) is 0 Å². The van der Waals surface area contributed by atoms with E-state index in [0.29, 0.717) is 29.6 Å². The molecule has 1 aliphatic rings. The van der Waals surface area contributed by atoms with Crippen molar-refractivity contribution in [1.82, 2.24) is 4.98 Å². The van der Waals surface area contributed by atoms with E-state index in [1.54, 1.807) is 6.07 Å². The van der Waals surface area contributed by atoms with Gasteiger partial charge < -0.3 is 9.88 Å². The van der Waals surface area contributed by atoms with E-state index >= 15 is 0 Å². The van der Waals surface area contributed by atoms with Gasteiger partial charge in [-0.25, -0.2) is 4.39 Å². The Hall–Kier alpha value is -3.55. The monoisotopic (exact) mass is 353 g/mol. The summed E-state index contributed by atoms with van der Waals surface area (Å²) in [6.45, 7) is 0.330. The third-order valence-corrected chi connectivity index (χ3v) is 4.46. The highest BCUT2D eigenvalue weighted by molar-refractivity contribution is 6.08. The number of aromatic nitrogens is 1. The maximum absolute atomic E-state index is 13.3. The van der Waals surface area contributed by atoms with E-state index in [9.17, 15) is 24.1 Å². The minimum Gasteiger partial charge on any atom is -0.321 e. The number of amides is 1. The number of hydrogen-bond acceptors (Lipinski definition) is 4. The number of non-ortho nitro benzene ring substituents is 1. The van der Waals surface area contributed by atoms with Gasteiger partial charge in [0.15, 0.2) is 0 Å². The number of pyridine rings is 1. The third-order valence-electron chi connectivity index (χ3n) is 4.46. The van der Waals surface area contributed by atoms with Crippen LogP contribution in [0.2, 0.25) is 0 Å². The third kappa shape index (κ3) is 2.52. The number of carbonyl (C=O) groups excluding carboxylic acids is 1. The molecule has 0 bridgehead atoms. The summed E-state index contributed by atoms with van der Waals surface area (Å²) < 4.78 is 13.3. The molecule has 4 rings (SSSR count). The van der Waals surface area contributed by atoms with Crippen molar-refractivity contribution in [2.45, 2.75) is 6.42 Å². The lowest BCUT2D eigenvalue weighted by atomic mass is 10.1. The fraction of sp³-hybridized carbons (Fsp3) is 0.111. The Labute approximate surface area is 145 Å². The molecule has 1 aromatic heterocycles. The molecule has 0 unspecified atom stereocenters. The lowest BCUT2D eigenvalue weighted by Gasteiger charge is -2.17. The first-order chi connectivity index (χ1) is 12.4. The summed E-state index contributed by atoms with van der Waals surface area (Å²) in [5, 5.41) is 11.5. The van der Waals surface area contributed by atoms with Gasteiger partial charge in [-0.15, -0.1) is 0 Å². The number of fused-ring (bicyclic) bond motifs is 2. The molecule has 1 amide bonds. The normalized spacial score (nSPS) is 13.0. The van der Waals surface area contributed by atoms with Crippen molar-refractivity contribution < 1.29 is 14.1 Å². The number of nitrogens with one attached hydrogen (secondary N) is 1. The van der Waals surface area contributed by atoms with E-state index in [0.717, 1.165) is 5.56 Å². The predicted molar refractivity (Wildman–Crippen MR) is 93.0 cm³/mol. The predicted octanol–water partition coefficient (Wildman–Crippen LogP) is 2.78. The molecule has 0 saturated heterocycles. The number of benzene rings is 2. The number of nitro benzene ring substituents is 1.